The predicted octanol–water partition coefficient (Wildman–Crippen LogP) is 5.46. The molecular weight excluding hydrogens is 310 g/mol. The normalized spacial score (nSPS) is 18.5. The molecule has 0 N–H and O–H groups in total. The Labute approximate surface area is 152 Å². The zero-order chi connectivity index (χ0) is 17.8. The fourth-order valence-corrected chi connectivity index (χ4v) is 6.57. The Morgan fingerprint density at radius 2 is 1.62 bits per heavy atom. The van der Waals surface area contributed by atoms with Crippen molar-refractivity contribution >= 4 is 8.24 Å². The summed E-state index contributed by atoms with van der Waals surface area (Å²) in [6, 6.07) is 3.82. The molecule has 0 radical (unpaired) electrons. The molecule has 0 aliphatic carbocycles. The van der Waals surface area contributed by atoms with Crippen LogP contribution >= 0.6 is 0 Å². The lowest BCUT2D eigenvalue weighted by molar-refractivity contribution is 0.131. The van der Waals surface area contributed by atoms with Crippen LogP contribution in [-0.4, -0.2) is 44.0 Å². The van der Waals surface area contributed by atoms with Gasteiger partial charge >= 0.3 is 0 Å². The number of hydrogen-bond acceptors (Lipinski definition) is 3. The Morgan fingerprint density at radius 3 is 2.25 bits per heavy atom. The van der Waals surface area contributed by atoms with Gasteiger partial charge in [0.15, 0.2) is 0 Å². The highest BCUT2D eigenvalue weighted by Crippen LogP contribution is 2.23. The van der Waals surface area contributed by atoms with E-state index in [1.54, 1.807) is 0 Å². The zero-order valence-electron chi connectivity index (χ0n) is 16.8. The second-order valence-corrected chi connectivity index (χ2v) is 13.2. The van der Waals surface area contributed by atoms with Crippen molar-refractivity contribution in [1.29, 1.82) is 5.26 Å². The molecule has 1 fully saturated rings. The number of hydrogen-bond donors (Lipinski definition) is 0. The van der Waals surface area contributed by atoms with Crippen molar-refractivity contribution in [3.63, 3.8) is 0 Å². The van der Waals surface area contributed by atoms with E-state index in [-0.39, 0.29) is 5.92 Å². The molecule has 0 aromatic heterocycles. The molecule has 1 aliphatic rings. The first-order chi connectivity index (χ1) is 11.5. The van der Waals surface area contributed by atoms with Crippen LogP contribution in [0.25, 0.3) is 0 Å². The van der Waals surface area contributed by atoms with Gasteiger partial charge in [0.1, 0.15) is 8.24 Å². The largest absolute Gasteiger partial charge is 0.312 e. The van der Waals surface area contributed by atoms with Crippen LogP contribution in [0, 0.1) is 17.2 Å². The lowest BCUT2D eigenvalue weighted by atomic mass is 10.1. The molecule has 0 aromatic carbocycles. The Hall–Kier alpha value is -0.373. The van der Waals surface area contributed by atoms with Crippen molar-refractivity contribution in [3.05, 3.63) is 0 Å². The van der Waals surface area contributed by atoms with Crippen LogP contribution in [-0.2, 0) is 0 Å². The van der Waals surface area contributed by atoms with E-state index < -0.39 is 8.24 Å². The topological polar surface area (TPSA) is 30.3 Å². The predicted molar refractivity (Wildman–Crippen MR) is 107 cm³/mol. The summed E-state index contributed by atoms with van der Waals surface area (Å²) in [5, 5.41) is 9.04. The van der Waals surface area contributed by atoms with Crippen LogP contribution < -0.4 is 0 Å². The second-order valence-electron chi connectivity index (χ2n) is 8.40. The van der Waals surface area contributed by atoms with Crippen LogP contribution in [0.1, 0.15) is 71.6 Å². The van der Waals surface area contributed by atoms with Crippen molar-refractivity contribution < 1.29 is 0 Å². The van der Waals surface area contributed by atoms with Gasteiger partial charge in [0.25, 0.3) is 0 Å². The highest BCUT2D eigenvalue weighted by atomic mass is 28.3. The molecule has 4 heteroatoms. The Kier molecular flexibility index (Phi) is 10.9. The average molecular weight is 352 g/mol. The van der Waals surface area contributed by atoms with Crippen LogP contribution in [0.2, 0.25) is 19.1 Å². The quantitative estimate of drug-likeness (QED) is 0.345. The van der Waals surface area contributed by atoms with E-state index in [0.29, 0.717) is 0 Å². The molecule has 1 saturated heterocycles. The molecule has 0 amide bonds. The summed E-state index contributed by atoms with van der Waals surface area (Å²) in [7, 11) is -1.28. The van der Waals surface area contributed by atoms with E-state index in [4.69, 9.17) is 5.26 Å². The van der Waals surface area contributed by atoms with Gasteiger partial charge in [-0.15, -0.1) is 0 Å². The van der Waals surface area contributed by atoms with E-state index in [1.807, 2.05) is 6.92 Å². The Morgan fingerprint density at radius 1 is 1.00 bits per heavy atom. The number of nitrogens with zero attached hydrogens (tertiary/aromatic N) is 3. The van der Waals surface area contributed by atoms with Crippen LogP contribution in [0.4, 0.5) is 0 Å². The van der Waals surface area contributed by atoms with Crippen molar-refractivity contribution in [1.82, 2.24) is 9.47 Å². The lowest BCUT2D eigenvalue weighted by Gasteiger charge is -2.44. The summed E-state index contributed by atoms with van der Waals surface area (Å²) in [6.07, 6.45) is 12.6. The molecule has 0 aromatic rings. The summed E-state index contributed by atoms with van der Waals surface area (Å²) in [4.78, 5) is 2.50. The second kappa shape index (κ2) is 12.1. The molecule has 1 unspecified atom stereocenters. The fraction of sp³-hybridized carbons (Fsp3) is 0.950. The van der Waals surface area contributed by atoms with E-state index in [1.165, 1.54) is 76.9 Å². The number of unbranched alkanes of at least 4 members (excludes halogenated alkanes) is 7. The van der Waals surface area contributed by atoms with E-state index in [0.717, 1.165) is 13.2 Å². The Balaban J connectivity index is 2.22. The zero-order valence-corrected chi connectivity index (χ0v) is 17.8. The maximum absolute atomic E-state index is 9.04. The SMILES string of the molecule is CCCCCCCCCC[Si](C)(C)N1CCCN(CC(C)C#N)C1. The smallest absolute Gasteiger partial charge is 0.123 e. The van der Waals surface area contributed by atoms with Crippen molar-refractivity contribution in [2.75, 3.05) is 26.3 Å². The molecule has 140 valence electrons. The van der Waals surface area contributed by atoms with Crippen molar-refractivity contribution in [2.24, 2.45) is 5.92 Å². The van der Waals surface area contributed by atoms with Gasteiger partial charge < -0.3 is 4.57 Å². The third-order valence-electron chi connectivity index (χ3n) is 5.52. The fourth-order valence-electron chi connectivity index (χ4n) is 3.79. The minimum absolute atomic E-state index is 0.155. The summed E-state index contributed by atoms with van der Waals surface area (Å²) in [6.45, 7) is 13.9. The van der Waals surface area contributed by atoms with Crippen molar-refractivity contribution in [3.8, 4) is 6.07 Å². The molecule has 1 heterocycles. The maximum Gasteiger partial charge on any atom is 0.123 e. The number of rotatable bonds is 12. The number of nitriles is 1. The molecule has 0 spiro atoms. The standard InChI is InChI=1S/C20H41N3Si/c1-5-6-7-8-9-10-11-12-16-24(3,4)23-15-13-14-22(19-23)18-20(2)17-21/h20H,5-16,18-19H2,1-4H3. The summed E-state index contributed by atoms with van der Waals surface area (Å²) >= 11 is 0. The molecule has 0 bridgehead atoms. The van der Waals surface area contributed by atoms with Gasteiger partial charge in [-0.1, -0.05) is 71.4 Å². The first kappa shape index (κ1) is 21.7. The van der Waals surface area contributed by atoms with Crippen LogP contribution in [0.15, 0.2) is 0 Å². The van der Waals surface area contributed by atoms with Crippen LogP contribution in [0.5, 0.6) is 0 Å². The molecule has 1 atom stereocenters. The molecule has 24 heavy (non-hydrogen) atoms. The third-order valence-corrected chi connectivity index (χ3v) is 9.18. The van der Waals surface area contributed by atoms with Gasteiger partial charge in [-0.2, -0.15) is 5.26 Å². The van der Waals surface area contributed by atoms with Gasteiger partial charge in [-0.3, -0.25) is 4.90 Å². The highest BCUT2D eigenvalue weighted by Gasteiger charge is 2.32. The first-order valence-corrected chi connectivity index (χ1v) is 13.5. The van der Waals surface area contributed by atoms with E-state index >= 15 is 0 Å². The van der Waals surface area contributed by atoms with Gasteiger partial charge in [-0.05, 0) is 25.9 Å². The molecular formula is C20H41N3Si. The minimum atomic E-state index is -1.28. The molecule has 0 saturated carbocycles. The summed E-state index contributed by atoms with van der Waals surface area (Å²) in [5.41, 5.74) is 0. The first-order valence-electron chi connectivity index (χ1n) is 10.4. The lowest BCUT2D eigenvalue weighted by Crippen LogP contribution is -2.57. The average Bonchev–Trinajstić information content (AvgIpc) is 2.57. The summed E-state index contributed by atoms with van der Waals surface area (Å²) < 4.78 is 2.78. The molecule has 1 rings (SSSR count). The van der Waals surface area contributed by atoms with Crippen LogP contribution in [0.3, 0.4) is 0 Å². The van der Waals surface area contributed by atoms with Gasteiger partial charge in [0, 0.05) is 19.8 Å². The van der Waals surface area contributed by atoms with E-state index in [9.17, 15) is 0 Å². The third kappa shape index (κ3) is 8.64. The van der Waals surface area contributed by atoms with Gasteiger partial charge in [0.05, 0.1) is 12.0 Å². The molecule has 3 nitrogen and oxygen atoms in total. The highest BCUT2D eigenvalue weighted by molar-refractivity contribution is 6.74. The Bertz CT molecular complexity index is 364. The van der Waals surface area contributed by atoms with Gasteiger partial charge in [0.2, 0.25) is 0 Å². The summed E-state index contributed by atoms with van der Waals surface area (Å²) in [5.74, 6) is 0.155. The maximum atomic E-state index is 9.04. The molecule has 1 aliphatic heterocycles. The van der Waals surface area contributed by atoms with E-state index in [2.05, 4.69) is 35.6 Å². The van der Waals surface area contributed by atoms with Gasteiger partial charge in [-0.25, -0.2) is 0 Å². The monoisotopic (exact) mass is 351 g/mol. The van der Waals surface area contributed by atoms with Crippen molar-refractivity contribution in [2.45, 2.75) is 90.8 Å². The minimum Gasteiger partial charge on any atom is -0.312 e.